The van der Waals surface area contributed by atoms with E-state index >= 15 is 0 Å². The molecule has 0 unspecified atom stereocenters. The number of hydrogen-bond acceptors (Lipinski definition) is 6. The van der Waals surface area contributed by atoms with Gasteiger partial charge in [0.05, 0.1) is 28.3 Å². The van der Waals surface area contributed by atoms with Crippen molar-refractivity contribution in [2.75, 3.05) is 7.11 Å². The highest BCUT2D eigenvalue weighted by atomic mass is 35.5. The highest BCUT2D eigenvalue weighted by Gasteiger charge is 2.24. The number of hydrogen-bond donors (Lipinski definition) is 2. The lowest BCUT2D eigenvalue weighted by molar-refractivity contribution is -0.115. The predicted octanol–water partition coefficient (Wildman–Crippen LogP) is 6.17. The van der Waals surface area contributed by atoms with E-state index in [9.17, 15) is 9.59 Å². The molecule has 0 aliphatic carbocycles. The number of aromatic carboxylic acids is 1. The van der Waals surface area contributed by atoms with Crippen molar-refractivity contribution in [1.29, 1.82) is 0 Å². The molecule has 1 aliphatic heterocycles. The van der Waals surface area contributed by atoms with Crippen LogP contribution in [0.4, 0.5) is 5.69 Å². The minimum atomic E-state index is -1.02. The smallest absolute Gasteiger partial charge is 0.335 e. The first-order valence-corrected chi connectivity index (χ1v) is 11.8. The van der Waals surface area contributed by atoms with Gasteiger partial charge in [-0.1, -0.05) is 35.3 Å². The molecule has 7 nitrogen and oxygen atoms in total. The molecule has 1 fully saturated rings. The fraction of sp³-hybridized carbons (Fsp3) is 0.0800. The second kappa shape index (κ2) is 10.9. The topological polar surface area (TPSA) is 97.2 Å². The molecule has 1 heterocycles. The first-order chi connectivity index (χ1) is 16.8. The van der Waals surface area contributed by atoms with E-state index < -0.39 is 5.97 Å². The molecule has 2 N–H and O–H groups in total. The number of ether oxygens (including phenoxy) is 2. The first kappa shape index (κ1) is 24.7. The highest BCUT2D eigenvalue weighted by Crippen LogP contribution is 2.38. The molecule has 0 atom stereocenters. The van der Waals surface area contributed by atoms with Crippen LogP contribution in [0.3, 0.4) is 0 Å². The van der Waals surface area contributed by atoms with E-state index in [-0.39, 0.29) is 18.1 Å². The summed E-state index contributed by atoms with van der Waals surface area (Å²) in [7, 11) is 1.51. The fourth-order valence-corrected chi connectivity index (χ4v) is 4.37. The van der Waals surface area contributed by atoms with E-state index in [0.717, 1.165) is 17.3 Å². The maximum atomic E-state index is 12.5. The second-order valence-electron chi connectivity index (χ2n) is 7.28. The summed E-state index contributed by atoms with van der Waals surface area (Å²) in [5, 5.41) is 13.1. The normalized spacial score (nSPS) is 15.3. The second-order valence-corrected chi connectivity index (χ2v) is 9.16. The first-order valence-electron chi connectivity index (χ1n) is 10.2. The molecule has 3 aromatic carbocycles. The minimum Gasteiger partial charge on any atom is -0.493 e. The van der Waals surface area contributed by atoms with Crippen molar-refractivity contribution in [2.24, 2.45) is 4.99 Å². The number of thioether (sulfide) groups is 1. The summed E-state index contributed by atoms with van der Waals surface area (Å²) >= 11 is 13.5. The molecule has 1 aliphatic rings. The van der Waals surface area contributed by atoms with Gasteiger partial charge in [-0.05, 0) is 77.5 Å². The molecule has 0 radical (unpaired) electrons. The lowest BCUT2D eigenvalue weighted by Gasteiger charge is -2.13. The summed E-state index contributed by atoms with van der Waals surface area (Å²) in [6, 6.07) is 16.7. The number of benzene rings is 3. The zero-order valence-electron chi connectivity index (χ0n) is 18.2. The fourth-order valence-electron chi connectivity index (χ4n) is 3.13. The Kier molecular flexibility index (Phi) is 7.65. The van der Waals surface area contributed by atoms with Crippen LogP contribution in [-0.2, 0) is 11.4 Å². The summed E-state index contributed by atoms with van der Waals surface area (Å²) in [6.45, 7) is 0.277. The zero-order valence-corrected chi connectivity index (χ0v) is 20.6. The molecule has 1 amide bonds. The van der Waals surface area contributed by atoms with Crippen LogP contribution in [0.5, 0.6) is 11.5 Å². The van der Waals surface area contributed by atoms with Gasteiger partial charge in [0, 0.05) is 5.02 Å². The third kappa shape index (κ3) is 6.16. The van der Waals surface area contributed by atoms with Crippen LogP contribution in [0.2, 0.25) is 10.0 Å². The number of aliphatic imine (C=N–C) groups is 1. The maximum absolute atomic E-state index is 12.5. The van der Waals surface area contributed by atoms with Crippen LogP contribution in [-0.4, -0.2) is 29.3 Å². The largest absolute Gasteiger partial charge is 0.493 e. The molecule has 0 saturated carbocycles. The number of nitrogens with zero attached hydrogens (tertiary/aromatic N) is 1. The number of amidine groups is 1. The van der Waals surface area contributed by atoms with Crippen molar-refractivity contribution in [1.82, 2.24) is 5.32 Å². The van der Waals surface area contributed by atoms with Gasteiger partial charge in [0.15, 0.2) is 16.7 Å². The summed E-state index contributed by atoms with van der Waals surface area (Å²) in [5.74, 6) is -0.515. The molecular weight excluding hydrogens is 511 g/mol. The summed E-state index contributed by atoms with van der Waals surface area (Å²) < 4.78 is 11.3. The Morgan fingerprint density at radius 3 is 2.49 bits per heavy atom. The summed E-state index contributed by atoms with van der Waals surface area (Å²) in [5.41, 5.74) is 2.24. The zero-order chi connectivity index (χ0) is 24.9. The van der Waals surface area contributed by atoms with Gasteiger partial charge < -0.3 is 19.9 Å². The minimum absolute atomic E-state index is 0.157. The number of carbonyl (C=O) groups excluding carboxylic acids is 1. The quantitative estimate of drug-likeness (QED) is 0.356. The molecule has 35 heavy (non-hydrogen) atoms. The van der Waals surface area contributed by atoms with E-state index in [2.05, 4.69) is 10.3 Å². The van der Waals surface area contributed by atoms with E-state index in [1.165, 1.54) is 19.2 Å². The van der Waals surface area contributed by atoms with Crippen LogP contribution in [0.25, 0.3) is 6.08 Å². The third-order valence-corrected chi connectivity index (χ3v) is 6.28. The Balaban J connectivity index is 1.51. The number of amides is 1. The van der Waals surface area contributed by atoms with Crippen molar-refractivity contribution in [3.63, 3.8) is 0 Å². The van der Waals surface area contributed by atoms with E-state index in [4.69, 9.17) is 37.8 Å². The maximum Gasteiger partial charge on any atom is 0.335 e. The third-order valence-electron chi connectivity index (χ3n) is 4.84. The SMILES string of the molecule is COc1cc(/C=C2\SC(=Nc3ccc(C(=O)O)cc3)NC2=O)cc(Cl)c1OCc1ccc(Cl)cc1. The Morgan fingerprint density at radius 1 is 1.11 bits per heavy atom. The number of methoxy groups -OCH3 is 1. The number of nitrogens with one attached hydrogen (secondary N) is 1. The van der Waals surface area contributed by atoms with Gasteiger partial charge in [-0.25, -0.2) is 9.79 Å². The Hall–Kier alpha value is -3.46. The van der Waals surface area contributed by atoms with E-state index in [0.29, 0.717) is 42.9 Å². The average molecular weight is 529 g/mol. The van der Waals surface area contributed by atoms with E-state index in [1.807, 2.05) is 12.1 Å². The van der Waals surface area contributed by atoms with Crippen molar-refractivity contribution in [3.8, 4) is 11.5 Å². The Morgan fingerprint density at radius 2 is 1.83 bits per heavy atom. The number of carboxylic acid groups (broad SMARTS) is 1. The molecular formula is C25H18Cl2N2O5S. The molecule has 1 saturated heterocycles. The lowest BCUT2D eigenvalue weighted by atomic mass is 10.1. The summed E-state index contributed by atoms with van der Waals surface area (Å²) in [4.78, 5) is 28.2. The van der Waals surface area contributed by atoms with Gasteiger partial charge in [0.25, 0.3) is 5.91 Å². The van der Waals surface area contributed by atoms with Crippen molar-refractivity contribution < 1.29 is 24.2 Å². The standard InChI is InChI=1S/C25H18Cl2N2O5S/c1-33-20-11-15(10-19(27)22(20)34-13-14-2-6-17(26)7-3-14)12-21-23(30)29-25(35-21)28-18-8-4-16(5-9-18)24(31)32/h2-12H,13H2,1H3,(H,31,32)(H,28,29,30)/b21-12-. The molecule has 3 aromatic rings. The predicted molar refractivity (Wildman–Crippen MR) is 138 cm³/mol. The van der Waals surface area contributed by atoms with Crippen molar-refractivity contribution in [2.45, 2.75) is 6.61 Å². The van der Waals surface area contributed by atoms with Gasteiger partial charge in [-0.15, -0.1) is 0 Å². The average Bonchev–Trinajstić information content (AvgIpc) is 3.17. The van der Waals surface area contributed by atoms with Gasteiger partial charge in [0.1, 0.15) is 6.61 Å². The molecule has 178 valence electrons. The molecule has 0 aromatic heterocycles. The molecule has 0 bridgehead atoms. The number of carboxylic acids is 1. The van der Waals surface area contributed by atoms with Crippen LogP contribution >= 0.6 is 35.0 Å². The van der Waals surface area contributed by atoms with Gasteiger partial charge in [0.2, 0.25) is 0 Å². The van der Waals surface area contributed by atoms with Gasteiger partial charge >= 0.3 is 5.97 Å². The number of carbonyl (C=O) groups is 2. The monoisotopic (exact) mass is 528 g/mol. The Bertz CT molecular complexity index is 1340. The van der Waals surface area contributed by atoms with E-state index in [1.54, 1.807) is 42.5 Å². The number of halogens is 2. The van der Waals surface area contributed by atoms with Gasteiger partial charge in [-0.2, -0.15) is 0 Å². The van der Waals surface area contributed by atoms with Gasteiger partial charge in [-0.3, -0.25) is 4.79 Å². The molecule has 10 heteroatoms. The Labute approximate surface area is 215 Å². The summed E-state index contributed by atoms with van der Waals surface area (Å²) in [6.07, 6.45) is 1.67. The van der Waals surface area contributed by atoms with Crippen LogP contribution < -0.4 is 14.8 Å². The van der Waals surface area contributed by atoms with Crippen LogP contribution in [0, 0.1) is 0 Å². The molecule has 4 rings (SSSR count). The lowest BCUT2D eigenvalue weighted by Crippen LogP contribution is -2.19. The molecule has 0 spiro atoms. The number of rotatable bonds is 7. The van der Waals surface area contributed by atoms with Crippen LogP contribution in [0.15, 0.2) is 70.6 Å². The van der Waals surface area contributed by atoms with Crippen molar-refractivity contribution >= 4 is 63.8 Å². The highest BCUT2D eigenvalue weighted by molar-refractivity contribution is 8.18. The van der Waals surface area contributed by atoms with Crippen LogP contribution in [0.1, 0.15) is 21.5 Å². The van der Waals surface area contributed by atoms with Crippen molar-refractivity contribution in [3.05, 3.63) is 92.3 Å².